The largest absolute Gasteiger partial charge is 0.423 e. The highest BCUT2D eigenvalue weighted by atomic mass is 19.1. The zero-order valence-electron chi connectivity index (χ0n) is 21.7. The van der Waals surface area contributed by atoms with Gasteiger partial charge in [0.2, 0.25) is 0 Å². The molecule has 0 atom stereocenters. The van der Waals surface area contributed by atoms with Crippen molar-refractivity contribution in [3.63, 3.8) is 0 Å². The van der Waals surface area contributed by atoms with E-state index in [1.54, 1.807) is 66.7 Å². The van der Waals surface area contributed by atoms with Gasteiger partial charge in [-0.15, -0.1) is 0 Å². The van der Waals surface area contributed by atoms with Crippen molar-refractivity contribution >= 4 is 11.9 Å². The SMILES string of the molecule is C=CC(=O)Oc1cccc(C#Cc2ccc(C#Cc3ccc(C#Cc4cccc(OC(=O)C=C)c4)cc3F)cc2)c1. The van der Waals surface area contributed by atoms with Gasteiger partial charge in [-0.3, -0.25) is 0 Å². The Morgan fingerprint density at radius 1 is 0.561 bits per heavy atom. The molecule has 4 aromatic rings. The average molecular weight is 537 g/mol. The lowest BCUT2D eigenvalue weighted by molar-refractivity contribution is -0.129. The third-order valence-corrected chi connectivity index (χ3v) is 5.34. The van der Waals surface area contributed by atoms with Gasteiger partial charge >= 0.3 is 11.9 Å². The first-order valence-electron chi connectivity index (χ1n) is 12.3. The van der Waals surface area contributed by atoms with Crippen LogP contribution in [0.1, 0.15) is 33.4 Å². The van der Waals surface area contributed by atoms with Crippen LogP contribution in [0.5, 0.6) is 11.5 Å². The highest BCUT2D eigenvalue weighted by molar-refractivity contribution is 5.83. The molecule has 0 fully saturated rings. The molecule has 0 spiro atoms. The maximum atomic E-state index is 14.7. The molecule has 0 aromatic heterocycles. The van der Waals surface area contributed by atoms with Gasteiger partial charge in [-0.25, -0.2) is 14.0 Å². The van der Waals surface area contributed by atoms with Crippen molar-refractivity contribution in [1.29, 1.82) is 0 Å². The van der Waals surface area contributed by atoms with Crippen LogP contribution in [0.2, 0.25) is 0 Å². The smallest absolute Gasteiger partial charge is 0.335 e. The molecule has 4 nitrogen and oxygen atoms in total. The molecule has 196 valence electrons. The summed E-state index contributed by atoms with van der Waals surface area (Å²) >= 11 is 0. The van der Waals surface area contributed by atoms with Gasteiger partial charge in [0.05, 0.1) is 5.56 Å². The van der Waals surface area contributed by atoms with E-state index in [-0.39, 0.29) is 5.56 Å². The van der Waals surface area contributed by atoms with E-state index in [9.17, 15) is 14.0 Å². The summed E-state index contributed by atoms with van der Waals surface area (Å²) in [5.41, 5.74) is 3.49. The summed E-state index contributed by atoms with van der Waals surface area (Å²) in [6, 6.07) is 25.4. The molecule has 0 heterocycles. The molecule has 0 aliphatic rings. The van der Waals surface area contributed by atoms with Crippen LogP contribution in [0.15, 0.2) is 116 Å². The fraction of sp³-hybridized carbons (Fsp3) is 0. The van der Waals surface area contributed by atoms with Crippen LogP contribution in [0.4, 0.5) is 4.39 Å². The lowest BCUT2D eigenvalue weighted by Gasteiger charge is -2.01. The van der Waals surface area contributed by atoms with Crippen molar-refractivity contribution in [2.24, 2.45) is 0 Å². The minimum absolute atomic E-state index is 0.245. The Balaban J connectivity index is 1.41. The van der Waals surface area contributed by atoms with Gasteiger partial charge in [0.25, 0.3) is 0 Å². The van der Waals surface area contributed by atoms with Gasteiger partial charge in [-0.2, -0.15) is 0 Å². The Bertz CT molecular complexity index is 1830. The summed E-state index contributed by atoms with van der Waals surface area (Å²) in [4.78, 5) is 22.7. The molecule has 0 bridgehead atoms. The molecule has 0 aliphatic heterocycles. The Kier molecular flexibility index (Phi) is 9.29. The van der Waals surface area contributed by atoms with Crippen molar-refractivity contribution in [2.75, 3.05) is 0 Å². The molecule has 0 amide bonds. The van der Waals surface area contributed by atoms with E-state index < -0.39 is 17.8 Å². The molecule has 4 aromatic carbocycles. The van der Waals surface area contributed by atoms with Gasteiger partial charge < -0.3 is 9.47 Å². The Morgan fingerprint density at radius 2 is 0.976 bits per heavy atom. The van der Waals surface area contributed by atoms with Gasteiger partial charge in [0, 0.05) is 40.0 Å². The van der Waals surface area contributed by atoms with E-state index in [0.717, 1.165) is 17.7 Å². The fourth-order valence-corrected chi connectivity index (χ4v) is 3.35. The second kappa shape index (κ2) is 13.6. The van der Waals surface area contributed by atoms with E-state index in [1.807, 2.05) is 18.2 Å². The molecule has 41 heavy (non-hydrogen) atoms. The number of carbonyl (C=O) groups is 2. The average Bonchev–Trinajstić information content (AvgIpc) is 2.99. The molecule has 5 heteroatoms. The van der Waals surface area contributed by atoms with Crippen LogP contribution in [0.3, 0.4) is 0 Å². The van der Waals surface area contributed by atoms with Crippen molar-refractivity contribution in [3.8, 4) is 47.0 Å². The number of hydrogen-bond donors (Lipinski definition) is 0. The number of rotatable bonds is 4. The summed E-state index contributed by atoms with van der Waals surface area (Å²) < 4.78 is 24.9. The van der Waals surface area contributed by atoms with E-state index in [2.05, 4.69) is 48.7 Å². The van der Waals surface area contributed by atoms with Crippen molar-refractivity contribution in [3.05, 3.63) is 156 Å². The standard InChI is InChI=1S/C36H21FO4/c1-3-35(38)40-32-9-5-7-28(23-32)16-15-26-11-13-27(14-12-26)19-21-31-22-20-30(25-34(31)37)18-17-29-8-6-10-33(24-29)41-36(39)4-2/h3-14,20,22-25H,1-2H2. The second-order valence-electron chi connectivity index (χ2n) is 8.33. The molecule has 0 unspecified atom stereocenters. The van der Waals surface area contributed by atoms with Gasteiger partial charge in [0.15, 0.2) is 0 Å². The zero-order valence-corrected chi connectivity index (χ0v) is 21.7. The summed E-state index contributed by atoms with van der Waals surface area (Å²) in [6.45, 7) is 6.74. The van der Waals surface area contributed by atoms with Gasteiger partial charge in [0.1, 0.15) is 17.3 Å². The van der Waals surface area contributed by atoms with Crippen LogP contribution in [0.25, 0.3) is 0 Å². The summed E-state index contributed by atoms with van der Waals surface area (Å²) in [5, 5.41) is 0. The first kappa shape index (κ1) is 27.9. The van der Waals surface area contributed by atoms with Crippen molar-refractivity contribution in [2.45, 2.75) is 0 Å². The van der Waals surface area contributed by atoms with Crippen LogP contribution in [0, 0.1) is 41.3 Å². The van der Waals surface area contributed by atoms with Crippen LogP contribution in [-0.2, 0) is 9.59 Å². The Hall–Kier alpha value is -6.09. The number of carbonyl (C=O) groups excluding carboxylic acids is 2. The van der Waals surface area contributed by atoms with E-state index in [0.29, 0.717) is 33.8 Å². The Morgan fingerprint density at radius 3 is 1.44 bits per heavy atom. The number of hydrogen-bond acceptors (Lipinski definition) is 4. The molecule has 0 aliphatic carbocycles. The molecular weight excluding hydrogens is 515 g/mol. The minimum atomic E-state index is -0.563. The highest BCUT2D eigenvalue weighted by Gasteiger charge is 2.02. The van der Waals surface area contributed by atoms with Crippen molar-refractivity contribution in [1.82, 2.24) is 0 Å². The second-order valence-corrected chi connectivity index (χ2v) is 8.33. The maximum Gasteiger partial charge on any atom is 0.335 e. The third-order valence-electron chi connectivity index (χ3n) is 5.34. The fourth-order valence-electron chi connectivity index (χ4n) is 3.35. The molecule has 0 saturated heterocycles. The molecule has 0 radical (unpaired) electrons. The predicted octanol–water partition coefficient (Wildman–Crippen LogP) is 6.21. The molecule has 4 rings (SSSR count). The van der Waals surface area contributed by atoms with Gasteiger partial charge in [-0.1, -0.05) is 60.8 Å². The van der Waals surface area contributed by atoms with E-state index in [4.69, 9.17) is 9.47 Å². The maximum absolute atomic E-state index is 14.7. The van der Waals surface area contributed by atoms with Crippen LogP contribution in [-0.4, -0.2) is 11.9 Å². The first-order valence-corrected chi connectivity index (χ1v) is 12.3. The van der Waals surface area contributed by atoms with E-state index >= 15 is 0 Å². The summed E-state index contributed by atoms with van der Waals surface area (Å²) in [6.07, 6.45) is 2.17. The zero-order chi connectivity index (χ0) is 29.0. The quantitative estimate of drug-likeness (QED) is 0.135. The normalized spacial score (nSPS) is 9.39. The van der Waals surface area contributed by atoms with Crippen molar-refractivity contribution < 1.29 is 23.5 Å². The number of halogens is 1. The molecular formula is C36H21FO4. The molecule has 0 saturated carbocycles. The predicted molar refractivity (Wildman–Crippen MR) is 155 cm³/mol. The number of esters is 2. The van der Waals surface area contributed by atoms with Gasteiger partial charge in [-0.05, 0) is 78.9 Å². The Labute approximate surface area is 237 Å². The number of ether oxygens (including phenoxy) is 2. The van der Waals surface area contributed by atoms with Crippen LogP contribution >= 0.6 is 0 Å². The monoisotopic (exact) mass is 536 g/mol. The topological polar surface area (TPSA) is 52.6 Å². The number of benzene rings is 4. The lowest BCUT2D eigenvalue weighted by atomic mass is 10.1. The van der Waals surface area contributed by atoms with Crippen LogP contribution < -0.4 is 9.47 Å². The van der Waals surface area contributed by atoms with E-state index in [1.165, 1.54) is 6.07 Å². The first-order chi connectivity index (χ1) is 19.9. The lowest BCUT2D eigenvalue weighted by Crippen LogP contribution is -2.02. The molecule has 0 N–H and O–H groups in total. The summed E-state index contributed by atoms with van der Waals surface area (Å²) in [7, 11) is 0. The third kappa shape index (κ3) is 8.45. The minimum Gasteiger partial charge on any atom is -0.423 e. The summed E-state index contributed by atoms with van der Waals surface area (Å²) in [5.74, 6) is 16.9. The highest BCUT2D eigenvalue weighted by Crippen LogP contribution is 2.15.